The molecule has 2 N–H and O–H groups in total. The maximum atomic E-state index is 12.0. The molecule has 7 nitrogen and oxygen atoms in total. The average Bonchev–Trinajstić information content (AvgIpc) is 2.55. The monoisotopic (exact) mass is 321 g/mol. The van der Waals surface area contributed by atoms with E-state index >= 15 is 0 Å². The van der Waals surface area contributed by atoms with Crippen LogP contribution in [-0.4, -0.2) is 38.2 Å². The predicted molar refractivity (Wildman–Crippen MR) is 82.2 cm³/mol. The summed E-state index contributed by atoms with van der Waals surface area (Å²) < 4.78 is 14.3. The SMILES string of the molecule is CCOC(=O)C(C(=O)OCC)=C(N)c1ccc(C(=O)OC)cc1. The zero-order valence-electron chi connectivity index (χ0n) is 13.3. The molecule has 0 bridgehead atoms. The van der Waals surface area contributed by atoms with Crippen molar-refractivity contribution < 1.29 is 28.6 Å². The number of carbonyl (C=O) groups is 3. The highest BCUT2D eigenvalue weighted by atomic mass is 16.6. The largest absolute Gasteiger partial charge is 0.465 e. The van der Waals surface area contributed by atoms with Gasteiger partial charge in [-0.2, -0.15) is 0 Å². The van der Waals surface area contributed by atoms with Crippen molar-refractivity contribution in [2.75, 3.05) is 20.3 Å². The number of esters is 3. The van der Waals surface area contributed by atoms with E-state index in [2.05, 4.69) is 4.74 Å². The van der Waals surface area contributed by atoms with Gasteiger partial charge in [0.25, 0.3) is 0 Å². The molecular formula is C16H19NO6. The maximum absolute atomic E-state index is 12.0. The Hall–Kier alpha value is -2.83. The van der Waals surface area contributed by atoms with Gasteiger partial charge in [-0.25, -0.2) is 14.4 Å². The van der Waals surface area contributed by atoms with E-state index in [-0.39, 0.29) is 24.5 Å². The van der Waals surface area contributed by atoms with Crippen LogP contribution in [0.5, 0.6) is 0 Å². The molecule has 1 rings (SSSR count). The average molecular weight is 321 g/mol. The molecule has 124 valence electrons. The van der Waals surface area contributed by atoms with Gasteiger partial charge < -0.3 is 19.9 Å². The number of hydrogen-bond acceptors (Lipinski definition) is 7. The van der Waals surface area contributed by atoms with Crippen molar-refractivity contribution in [1.82, 2.24) is 0 Å². The molecule has 0 aliphatic rings. The van der Waals surface area contributed by atoms with E-state index in [9.17, 15) is 14.4 Å². The third-order valence-corrected chi connectivity index (χ3v) is 2.85. The second-order valence-corrected chi connectivity index (χ2v) is 4.30. The molecule has 0 unspecified atom stereocenters. The van der Waals surface area contributed by atoms with Crippen LogP contribution in [0.4, 0.5) is 0 Å². The molecule has 0 fully saturated rings. The van der Waals surface area contributed by atoms with E-state index in [1.807, 2.05) is 0 Å². The molecule has 0 saturated carbocycles. The van der Waals surface area contributed by atoms with Gasteiger partial charge in [0.2, 0.25) is 0 Å². The van der Waals surface area contributed by atoms with Gasteiger partial charge in [-0.05, 0) is 31.5 Å². The molecule has 0 amide bonds. The van der Waals surface area contributed by atoms with Crippen molar-refractivity contribution in [2.24, 2.45) is 5.73 Å². The highest BCUT2D eigenvalue weighted by Crippen LogP contribution is 2.17. The first-order chi connectivity index (χ1) is 11.0. The van der Waals surface area contributed by atoms with Crippen molar-refractivity contribution >= 4 is 23.6 Å². The first-order valence-electron chi connectivity index (χ1n) is 6.98. The standard InChI is InChI=1S/C16H19NO6/c1-4-22-15(19)12(16(20)23-5-2)13(17)10-6-8-11(9-7-10)14(18)21-3/h6-9H,4-5,17H2,1-3H3. The van der Waals surface area contributed by atoms with E-state index in [4.69, 9.17) is 15.2 Å². The lowest BCUT2D eigenvalue weighted by molar-refractivity contribution is -0.146. The van der Waals surface area contributed by atoms with Crippen molar-refractivity contribution in [3.05, 3.63) is 41.0 Å². The summed E-state index contributed by atoms with van der Waals surface area (Å²) >= 11 is 0. The summed E-state index contributed by atoms with van der Waals surface area (Å²) in [4.78, 5) is 35.3. The molecule has 0 aromatic heterocycles. The fourth-order valence-corrected chi connectivity index (χ4v) is 1.76. The Kier molecular flexibility index (Phi) is 6.79. The quantitative estimate of drug-likeness (QED) is 0.276. The van der Waals surface area contributed by atoms with Crippen LogP contribution in [0.2, 0.25) is 0 Å². The van der Waals surface area contributed by atoms with Crippen LogP contribution in [0.1, 0.15) is 29.8 Å². The molecule has 0 spiro atoms. The molecule has 0 aliphatic heterocycles. The number of methoxy groups -OCH3 is 1. The van der Waals surface area contributed by atoms with Crippen molar-refractivity contribution in [2.45, 2.75) is 13.8 Å². The van der Waals surface area contributed by atoms with Crippen LogP contribution >= 0.6 is 0 Å². The van der Waals surface area contributed by atoms with Gasteiger partial charge in [0, 0.05) is 0 Å². The van der Waals surface area contributed by atoms with Gasteiger partial charge in [0.15, 0.2) is 5.57 Å². The van der Waals surface area contributed by atoms with Gasteiger partial charge in [-0.15, -0.1) is 0 Å². The molecule has 0 atom stereocenters. The summed E-state index contributed by atoms with van der Waals surface area (Å²) in [5.74, 6) is -2.23. The van der Waals surface area contributed by atoms with Crippen LogP contribution in [0.15, 0.2) is 29.8 Å². The molecule has 1 aromatic carbocycles. The molecule has 7 heteroatoms. The van der Waals surface area contributed by atoms with Crippen LogP contribution < -0.4 is 5.73 Å². The minimum Gasteiger partial charge on any atom is -0.465 e. The van der Waals surface area contributed by atoms with Crippen LogP contribution in [0, 0.1) is 0 Å². The van der Waals surface area contributed by atoms with Gasteiger partial charge in [-0.1, -0.05) is 12.1 Å². The van der Waals surface area contributed by atoms with Gasteiger partial charge in [-0.3, -0.25) is 0 Å². The van der Waals surface area contributed by atoms with Crippen molar-refractivity contribution in [3.63, 3.8) is 0 Å². The summed E-state index contributed by atoms with van der Waals surface area (Å²) in [6.07, 6.45) is 0. The molecular weight excluding hydrogens is 302 g/mol. The van der Waals surface area contributed by atoms with Gasteiger partial charge in [0.05, 0.1) is 31.6 Å². The fourth-order valence-electron chi connectivity index (χ4n) is 1.76. The van der Waals surface area contributed by atoms with E-state index < -0.39 is 17.9 Å². The normalized spacial score (nSPS) is 9.70. The third kappa shape index (κ3) is 4.57. The Morgan fingerprint density at radius 1 is 0.913 bits per heavy atom. The maximum Gasteiger partial charge on any atom is 0.347 e. The molecule has 0 radical (unpaired) electrons. The van der Waals surface area contributed by atoms with Crippen LogP contribution in [-0.2, 0) is 23.8 Å². The zero-order chi connectivity index (χ0) is 17.4. The Morgan fingerprint density at radius 3 is 1.74 bits per heavy atom. The number of carbonyl (C=O) groups excluding carboxylic acids is 3. The van der Waals surface area contributed by atoms with Gasteiger partial charge >= 0.3 is 17.9 Å². The Morgan fingerprint density at radius 2 is 1.35 bits per heavy atom. The second-order valence-electron chi connectivity index (χ2n) is 4.30. The highest BCUT2D eigenvalue weighted by Gasteiger charge is 2.25. The summed E-state index contributed by atoms with van der Waals surface area (Å²) in [6, 6.07) is 5.95. The lowest BCUT2D eigenvalue weighted by Crippen LogP contribution is -2.22. The Bertz CT molecular complexity index is 598. The van der Waals surface area contributed by atoms with E-state index in [0.717, 1.165) is 0 Å². The summed E-state index contributed by atoms with van der Waals surface area (Å²) in [7, 11) is 1.27. The zero-order valence-corrected chi connectivity index (χ0v) is 13.3. The molecule has 0 aliphatic carbocycles. The summed E-state index contributed by atoms with van der Waals surface area (Å²) in [6.45, 7) is 3.41. The molecule has 1 aromatic rings. The van der Waals surface area contributed by atoms with Crippen molar-refractivity contribution in [3.8, 4) is 0 Å². The second kappa shape index (κ2) is 8.57. The van der Waals surface area contributed by atoms with E-state index in [0.29, 0.717) is 11.1 Å². The number of rotatable bonds is 6. The van der Waals surface area contributed by atoms with Crippen LogP contribution in [0.3, 0.4) is 0 Å². The smallest absolute Gasteiger partial charge is 0.347 e. The minimum absolute atomic E-state index is 0.0849. The lowest BCUT2D eigenvalue weighted by atomic mass is 10.0. The molecule has 0 heterocycles. The van der Waals surface area contributed by atoms with Crippen molar-refractivity contribution in [1.29, 1.82) is 0 Å². The lowest BCUT2D eigenvalue weighted by Gasteiger charge is -2.11. The van der Waals surface area contributed by atoms with E-state index in [1.54, 1.807) is 13.8 Å². The first kappa shape index (κ1) is 18.2. The summed E-state index contributed by atoms with van der Waals surface area (Å²) in [5.41, 5.74) is 6.16. The molecule has 0 saturated heterocycles. The predicted octanol–water partition coefficient (Wildman–Crippen LogP) is 1.27. The Labute approximate surface area is 134 Å². The van der Waals surface area contributed by atoms with Gasteiger partial charge in [0.1, 0.15) is 0 Å². The number of nitrogens with two attached hydrogens (primary N) is 1. The third-order valence-electron chi connectivity index (χ3n) is 2.85. The summed E-state index contributed by atoms with van der Waals surface area (Å²) in [5, 5.41) is 0. The highest BCUT2D eigenvalue weighted by molar-refractivity contribution is 6.19. The first-order valence-corrected chi connectivity index (χ1v) is 6.98. The number of hydrogen-bond donors (Lipinski definition) is 1. The Balaban J connectivity index is 3.25. The fraction of sp³-hybridized carbons (Fsp3) is 0.312. The minimum atomic E-state index is -0.861. The van der Waals surface area contributed by atoms with Crippen LogP contribution in [0.25, 0.3) is 5.70 Å². The number of ether oxygens (including phenoxy) is 3. The molecule has 23 heavy (non-hydrogen) atoms. The topological polar surface area (TPSA) is 105 Å². The van der Waals surface area contributed by atoms with E-state index in [1.165, 1.54) is 31.4 Å². The number of benzene rings is 1.